The first-order chi connectivity index (χ1) is 11.8. The van der Waals surface area contributed by atoms with Gasteiger partial charge in [-0.2, -0.15) is 0 Å². The monoisotopic (exact) mass is 362 g/mol. The van der Waals surface area contributed by atoms with Crippen LogP contribution in [-0.4, -0.2) is 30.7 Å². The predicted octanol–water partition coefficient (Wildman–Crippen LogP) is 3.15. The van der Waals surface area contributed by atoms with Gasteiger partial charge >= 0.3 is 0 Å². The van der Waals surface area contributed by atoms with Crippen molar-refractivity contribution >= 4 is 20.8 Å². The summed E-state index contributed by atoms with van der Waals surface area (Å²) in [4.78, 5) is 4.45. The third kappa shape index (κ3) is 3.86. The molecule has 1 aromatic carbocycles. The molecule has 1 fully saturated rings. The van der Waals surface area contributed by atoms with E-state index >= 15 is 0 Å². The van der Waals surface area contributed by atoms with Gasteiger partial charge in [0.15, 0.2) is 0 Å². The average molecular weight is 362 g/mol. The number of pyridine rings is 1. The molecule has 136 valence electrons. The zero-order chi connectivity index (χ0) is 18.1. The van der Waals surface area contributed by atoms with Crippen LogP contribution in [0.5, 0.6) is 0 Å². The lowest BCUT2D eigenvalue weighted by molar-refractivity contribution is -0.0111. The number of hydrogen-bond donors (Lipinski definition) is 2. The van der Waals surface area contributed by atoms with Gasteiger partial charge in [-0.25, -0.2) is 13.1 Å². The van der Waals surface area contributed by atoms with E-state index in [1.165, 1.54) is 6.42 Å². The van der Waals surface area contributed by atoms with Crippen LogP contribution in [0.2, 0.25) is 0 Å². The Balaban J connectivity index is 1.84. The van der Waals surface area contributed by atoms with Crippen LogP contribution in [0.15, 0.2) is 35.4 Å². The summed E-state index contributed by atoms with van der Waals surface area (Å²) in [5, 5.41) is 12.2. The van der Waals surface area contributed by atoms with Gasteiger partial charge in [0.25, 0.3) is 0 Å². The number of nitrogens with zero attached hydrogens (tertiary/aromatic N) is 1. The van der Waals surface area contributed by atoms with E-state index in [0.29, 0.717) is 5.39 Å². The van der Waals surface area contributed by atoms with E-state index < -0.39 is 15.6 Å². The SMILES string of the molecule is Cc1nccc2c(S(=O)(=O)NCC(C)(O)C3CCCCC3)cccc12. The maximum Gasteiger partial charge on any atom is 0.241 e. The molecule has 0 bridgehead atoms. The molecule has 1 aliphatic rings. The highest BCUT2D eigenvalue weighted by Crippen LogP contribution is 2.32. The van der Waals surface area contributed by atoms with E-state index in [1.54, 1.807) is 31.3 Å². The van der Waals surface area contributed by atoms with E-state index in [-0.39, 0.29) is 17.4 Å². The first-order valence-corrected chi connectivity index (χ1v) is 10.4. The summed E-state index contributed by atoms with van der Waals surface area (Å²) in [6.07, 6.45) is 6.92. The maximum atomic E-state index is 12.8. The second-order valence-corrected chi connectivity index (χ2v) is 9.00. The van der Waals surface area contributed by atoms with Crippen LogP contribution in [0.25, 0.3) is 10.8 Å². The van der Waals surface area contributed by atoms with Gasteiger partial charge in [0, 0.05) is 29.2 Å². The molecule has 1 aromatic heterocycles. The smallest absolute Gasteiger partial charge is 0.241 e. The fourth-order valence-corrected chi connectivity index (χ4v) is 5.11. The highest BCUT2D eigenvalue weighted by Gasteiger charge is 2.34. The van der Waals surface area contributed by atoms with E-state index in [9.17, 15) is 13.5 Å². The van der Waals surface area contributed by atoms with Gasteiger partial charge in [0.05, 0.1) is 10.5 Å². The number of rotatable bonds is 5. The fourth-order valence-electron chi connectivity index (χ4n) is 3.75. The van der Waals surface area contributed by atoms with Gasteiger partial charge < -0.3 is 5.11 Å². The standard InChI is InChI=1S/C19H26N2O3S/c1-14-16-9-6-10-18(17(16)11-12-20-14)25(23,24)21-13-19(2,22)15-7-4-3-5-8-15/h6,9-12,15,21-22H,3-5,7-8,13H2,1-2H3. The normalized spacial score (nSPS) is 19.0. The number of fused-ring (bicyclic) bond motifs is 1. The number of sulfonamides is 1. The van der Waals surface area contributed by atoms with Crippen molar-refractivity contribution in [1.82, 2.24) is 9.71 Å². The second kappa shape index (κ2) is 7.02. The first-order valence-electron chi connectivity index (χ1n) is 8.88. The van der Waals surface area contributed by atoms with Gasteiger partial charge in [-0.15, -0.1) is 0 Å². The summed E-state index contributed by atoms with van der Waals surface area (Å²) >= 11 is 0. The van der Waals surface area contributed by atoms with Gasteiger partial charge in [0.1, 0.15) is 0 Å². The van der Waals surface area contributed by atoms with E-state index in [2.05, 4.69) is 9.71 Å². The topological polar surface area (TPSA) is 79.3 Å². The van der Waals surface area contributed by atoms with Gasteiger partial charge in [-0.05, 0) is 44.7 Å². The Morgan fingerprint density at radius 3 is 2.64 bits per heavy atom. The van der Waals surface area contributed by atoms with Crippen molar-refractivity contribution in [2.45, 2.75) is 56.4 Å². The van der Waals surface area contributed by atoms with Crippen molar-refractivity contribution in [3.63, 3.8) is 0 Å². The Hall–Kier alpha value is -1.50. The third-order valence-electron chi connectivity index (χ3n) is 5.36. The molecule has 0 saturated heterocycles. The highest BCUT2D eigenvalue weighted by molar-refractivity contribution is 7.89. The maximum absolute atomic E-state index is 12.8. The molecule has 0 amide bonds. The van der Waals surface area contributed by atoms with E-state index in [1.807, 2.05) is 13.0 Å². The highest BCUT2D eigenvalue weighted by atomic mass is 32.2. The summed E-state index contributed by atoms with van der Waals surface area (Å²) < 4.78 is 28.3. The summed E-state index contributed by atoms with van der Waals surface area (Å²) in [7, 11) is -3.71. The lowest BCUT2D eigenvalue weighted by Crippen LogP contribution is -2.46. The molecule has 1 atom stereocenters. The minimum Gasteiger partial charge on any atom is -0.389 e. The first kappa shape index (κ1) is 18.3. The molecule has 1 saturated carbocycles. The minimum absolute atomic E-state index is 0.0282. The number of aromatic nitrogens is 1. The third-order valence-corrected chi connectivity index (χ3v) is 6.82. The molecule has 5 nitrogen and oxygen atoms in total. The van der Waals surface area contributed by atoms with Crippen molar-refractivity contribution in [3.05, 3.63) is 36.2 Å². The molecular formula is C19H26N2O3S. The Bertz CT molecular complexity index is 856. The molecule has 0 aliphatic heterocycles. The van der Waals surface area contributed by atoms with Gasteiger partial charge in [0.2, 0.25) is 10.0 Å². The summed E-state index contributed by atoms with van der Waals surface area (Å²) in [5.41, 5.74) is -0.237. The van der Waals surface area contributed by atoms with Crippen molar-refractivity contribution < 1.29 is 13.5 Å². The van der Waals surface area contributed by atoms with Crippen LogP contribution < -0.4 is 4.72 Å². The Morgan fingerprint density at radius 1 is 1.20 bits per heavy atom. The molecule has 1 heterocycles. The molecule has 0 spiro atoms. The lowest BCUT2D eigenvalue weighted by atomic mass is 9.78. The van der Waals surface area contributed by atoms with Crippen LogP contribution in [0, 0.1) is 12.8 Å². The molecule has 3 rings (SSSR count). The van der Waals surface area contributed by atoms with Crippen molar-refractivity contribution in [3.8, 4) is 0 Å². The van der Waals surface area contributed by atoms with Crippen LogP contribution in [0.1, 0.15) is 44.7 Å². The number of aryl methyl sites for hydroxylation is 1. The molecule has 6 heteroatoms. The molecule has 0 radical (unpaired) electrons. The van der Waals surface area contributed by atoms with E-state index in [0.717, 1.165) is 36.8 Å². The predicted molar refractivity (Wildman–Crippen MR) is 98.9 cm³/mol. The number of benzene rings is 1. The van der Waals surface area contributed by atoms with Crippen LogP contribution in [-0.2, 0) is 10.0 Å². The molecule has 25 heavy (non-hydrogen) atoms. The quantitative estimate of drug-likeness (QED) is 0.856. The Labute approximate surface area is 149 Å². The van der Waals surface area contributed by atoms with E-state index in [4.69, 9.17) is 0 Å². The number of hydrogen-bond acceptors (Lipinski definition) is 4. The lowest BCUT2D eigenvalue weighted by Gasteiger charge is -2.35. The molecule has 1 unspecified atom stereocenters. The van der Waals surface area contributed by atoms with Crippen LogP contribution >= 0.6 is 0 Å². The van der Waals surface area contributed by atoms with Crippen molar-refractivity contribution in [2.75, 3.05) is 6.54 Å². The van der Waals surface area contributed by atoms with Gasteiger partial charge in [-0.1, -0.05) is 31.4 Å². The molecule has 1 aliphatic carbocycles. The van der Waals surface area contributed by atoms with Crippen LogP contribution in [0.3, 0.4) is 0 Å². The summed E-state index contributed by atoms with van der Waals surface area (Å²) in [6.45, 7) is 3.63. The largest absolute Gasteiger partial charge is 0.389 e. The van der Waals surface area contributed by atoms with Crippen molar-refractivity contribution in [1.29, 1.82) is 0 Å². The van der Waals surface area contributed by atoms with Crippen LogP contribution in [0.4, 0.5) is 0 Å². The Morgan fingerprint density at radius 2 is 1.92 bits per heavy atom. The zero-order valence-electron chi connectivity index (χ0n) is 14.8. The molecule has 2 aromatic rings. The zero-order valence-corrected chi connectivity index (χ0v) is 15.6. The number of aliphatic hydroxyl groups is 1. The molecular weight excluding hydrogens is 336 g/mol. The fraction of sp³-hybridized carbons (Fsp3) is 0.526. The summed E-state index contributed by atoms with van der Waals surface area (Å²) in [5.74, 6) is 0.142. The van der Waals surface area contributed by atoms with Gasteiger partial charge in [-0.3, -0.25) is 4.98 Å². The number of nitrogens with one attached hydrogen (secondary N) is 1. The van der Waals surface area contributed by atoms with Crippen molar-refractivity contribution in [2.24, 2.45) is 5.92 Å². The Kier molecular flexibility index (Phi) is 5.14. The second-order valence-electron chi connectivity index (χ2n) is 7.26. The average Bonchev–Trinajstić information content (AvgIpc) is 2.61. The summed E-state index contributed by atoms with van der Waals surface area (Å²) in [6, 6.07) is 6.91. The minimum atomic E-state index is -3.71. The molecule has 2 N–H and O–H groups in total.